The lowest BCUT2D eigenvalue weighted by Crippen LogP contribution is -2.25. The van der Waals surface area contributed by atoms with Gasteiger partial charge in [-0.15, -0.1) is 0 Å². The minimum Gasteiger partial charge on any atom is -0.465 e. The summed E-state index contributed by atoms with van der Waals surface area (Å²) >= 11 is 0. The minimum absolute atomic E-state index is 0.0890. The first-order valence-electron chi connectivity index (χ1n) is 10.2. The first-order chi connectivity index (χ1) is 16.2. The molecule has 0 saturated carbocycles. The highest BCUT2D eigenvalue weighted by atomic mass is 16.5. The molecule has 4 rings (SSSR count). The fourth-order valence-electron chi connectivity index (χ4n) is 3.08. The highest BCUT2D eigenvalue weighted by Crippen LogP contribution is 2.22. The van der Waals surface area contributed by atoms with Crippen LogP contribution in [0.25, 0.3) is 16.8 Å². The molecule has 4 aromatic rings. The molecule has 0 aliphatic heterocycles. The monoisotopic (exact) mass is 439 g/mol. The van der Waals surface area contributed by atoms with Gasteiger partial charge in [-0.1, -0.05) is 36.4 Å². The lowest BCUT2D eigenvalue weighted by atomic mass is 10.1. The van der Waals surface area contributed by atoms with Crippen molar-refractivity contribution in [3.05, 3.63) is 103 Å². The number of anilines is 1. The maximum absolute atomic E-state index is 12.1. The van der Waals surface area contributed by atoms with E-state index in [0.717, 1.165) is 22.0 Å². The topological polar surface area (TPSA) is 92.9 Å². The number of fused-ring (bicyclic) bond motifs is 1. The summed E-state index contributed by atoms with van der Waals surface area (Å²) in [5.41, 5.74) is 4.12. The maximum Gasteiger partial charge on any atom is 0.336 e. The van der Waals surface area contributed by atoms with Crippen molar-refractivity contribution < 1.29 is 18.7 Å². The molecular weight excluding hydrogens is 418 g/mol. The van der Waals surface area contributed by atoms with Crippen LogP contribution < -0.4 is 15.5 Å². The van der Waals surface area contributed by atoms with Crippen LogP contribution in [0.5, 0.6) is 5.75 Å². The van der Waals surface area contributed by atoms with Gasteiger partial charge in [0.1, 0.15) is 11.5 Å². The van der Waals surface area contributed by atoms with Crippen LogP contribution in [0.15, 0.2) is 101 Å². The Morgan fingerprint density at radius 1 is 0.939 bits per heavy atom. The fraction of sp³-hybridized carbons (Fsp3) is 0.0385. The second kappa shape index (κ2) is 10.6. The number of esters is 1. The molecule has 0 spiro atoms. The van der Waals surface area contributed by atoms with Gasteiger partial charge in [-0.2, -0.15) is 5.10 Å². The van der Waals surface area contributed by atoms with Gasteiger partial charge in [-0.25, -0.2) is 10.2 Å². The summed E-state index contributed by atoms with van der Waals surface area (Å²) in [6.45, 7) is 0.0890. The summed E-state index contributed by atoms with van der Waals surface area (Å²) in [7, 11) is 0. The molecule has 1 aromatic heterocycles. The number of hydrogen-bond acceptors (Lipinski definition) is 6. The van der Waals surface area contributed by atoms with Gasteiger partial charge in [0, 0.05) is 17.1 Å². The Balaban J connectivity index is 1.24. The van der Waals surface area contributed by atoms with Crippen molar-refractivity contribution >= 4 is 40.6 Å². The van der Waals surface area contributed by atoms with Crippen molar-refractivity contribution in [3.63, 3.8) is 0 Å². The lowest BCUT2D eigenvalue weighted by molar-refractivity contribution is -0.129. The number of hydrogen-bond donors (Lipinski definition) is 2. The largest absolute Gasteiger partial charge is 0.465 e. The number of amides is 1. The molecule has 1 heterocycles. The summed E-state index contributed by atoms with van der Waals surface area (Å²) in [6, 6.07) is 24.1. The number of nitrogens with zero attached hydrogens (tertiary/aromatic N) is 1. The molecule has 0 radical (unpaired) electrons. The lowest BCUT2D eigenvalue weighted by Gasteiger charge is -2.08. The Labute approximate surface area is 190 Å². The van der Waals surface area contributed by atoms with Gasteiger partial charge in [0.15, 0.2) is 0 Å². The predicted octanol–water partition coefficient (Wildman–Crippen LogP) is 4.61. The molecule has 0 atom stereocenters. The Morgan fingerprint density at radius 2 is 1.76 bits per heavy atom. The normalized spacial score (nSPS) is 11.2. The van der Waals surface area contributed by atoms with E-state index in [1.807, 2.05) is 42.5 Å². The number of furan rings is 1. The van der Waals surface area contributed by atoms with E-state index in [1.54, 1.807) is 36.4 Å². The first-order valence-corrected chi connectivity index (χ1v) is 10.2. The molecule has 1 amide bonds. The van der Waals surface area contributed by atoms with Crippen LogP contribution in [0, 0.1) is 0 Å². The van der Waals surface area contributed by atoms with E-state index in [1.165, 1.54) is 24.6 Å². The molecule has 0 unspecified atom stereocenters. The van der Waals surface area contributed by atoms with Crippen LogP contribution in [0.2, 0.25) is 0 Å². The number of carbonyl (C=O) groups excluding carboxylic acids is 2. The van der Waals surface area contributed by atoms with E-state index in [4.69, 9.17) is 9.15 Å². The Hall–Kier alpha value is -4.65. The number of hydrazone groups is 1. The summed E-state index contributed by atoms with van der Waals surface area (Å²) in [4.78, 5) is 24.0. The van der Waals surface area contributed by atoms with Gasteiger partial charge >= 0.3 is 5.97 Å². The molecule has 2 N–H and O–H groups in total. The highest BCUT2D eigenvalue weighted by Gasteiger charge is 2.04. The number of ether oxygens (including phenoxy) is 1. The average molecular weight is 439 g/mol. The average Bonchev–Trinajstić information content (AvgIpc) is 3.36. The quantitative estimate of drug-likeness (QED) is 0.137. The molecule has 7 nitrogen and oxygen atoms in total. The second-order valence-electron chi connectivity index (χ2n) is 7.01. The summed E-state index contributed by atoms with van der Waals surface area (Å²) in [6.07, 6.45) is 5.85. The fourth-order valence-corrected chi connectivity index (χ4v) is 3.08. The van der Waals surface area contributed by atoms with Crippen LogP contribution in [0.4, 0.5) is 5.69 Å². The zero-order valence-corrected chi connectivity index (χ0v) is 17.6. The van der Waals surface area contributed by atoms with Gasteiger partial charge in [-0.05, 0) is 59.5 Å². The van der Waals surface area contributed by atoms with Gasteiger partial charge in [0.25, 0.3) is 5.91 Å². The minimum atomic E-state index is -0.515. The van der Waals surface area contributed by atoms with E-state index in [-0.39, 0.29) is 12.5 Å². The van der Waals surface area contributed by atoms with E-state index in [9.17, 15) is 9.59 Å². The van der Waals surface area contributed by atoms with Crippen molar-refractivity contribution in [2.24, 2.45) is 5.10 Å². The third-order valence-electron chi connectivity index (χ3n) is 4.66. The molecule has 164 valence electrons. The van der Waals surface area contributed by atoms with Crippen molar-refractivity contribution in [2.45, 2.75) is 0 Å². The van der Waals surface area contributed by atoms with Crippen molar-refractivity contribution in [3.8, 4) is 5.75 Å². The predicted molar refractivity (Wildman–Crippen MR) is 128 cm³/mol. The van der Waals surface area contributed by atoms with E-state index in [2.05, 4.69) is 15.8 Å². The Bertz CT molecular complexity index is 1290. The smallest absolute Gasteiger partial charge is 0.336 e. The number of carbonyl (C=O) groups is 2. The number of benzene rings is 3. The molecule has 0 aliphatic rings. The Morgan fingerprint density at radius 3 is 2.58 bits per heavy atom. The van der Waals surface area contributed by atoms with Crippen LogP contribution >= 0.6 is 0 Å². The van der Waals surface area contributed by atoms with E-state index < -0.39 is 5.97 Å². The van der Waals surface area contributed by atoms with Gasteiger partial charge in [-0.3, -0.25) is 4.79 Å². The van der Waals surface area contributed by atoms with Crippen LogP contribution in [-0.4, -0.2) is 24.6 Å². The van der Waals surface area contributed by atoms with Crippen LogP contribution in [-0.2, 0) is 9.59 Å². The second-order valence-corrected chi connectivity index (χ2v) is 7.01. The zero-order chi connectivity index (χ0) is 22.9. The molecule has 3 aromatic carbocycles. The van der Waals surface area contributed by atoms with Crippen LogP contribution in [0.3, 0.4) is 0 Å². The van der Waals surface area contributed by atoms with E-state index >= 15 is 0 Å². The molecular formula is C26H21N3O4. The summed E-state index contributed by atoms with van der Waals surface area (Å²) < 4.78 is 10.3. The molecule has 7 heteroatoms. The van der Waals surface area contributed by atoms with E-state index in [0.29, 0.717) is 11.5 Å². The molecule has 0 fully saturated rings. The van der Waals surface area contributed by atoms with Crippen molar-refractivity contribution in [1.82, 2.24) is 5.43 Å². The summed E-state index contributed by atoms with van der Waals surface area (Å²) in [5.74, 6) is 0.171. The van der Waals surface area contributed by atoms with Gasteiger partial charge < -0.3 is 14.5 Å². The molecule has 0 aliphatic carbocycles. The Kier molecular flexibility index (Phi) is 6.92. The zero-order valence-electron chi connectivity index (χ0n) is 17.6. The maximum atomic E-state index is 12.1. The molecule has 0 bridgehead atoms. The number of nitrogens with one attached hydrogen (secondary N) is 2. The first kappa shape index (κ1) is 21.6. The standard InChI is InChI=1S/C26H21N3O4/c30-25(18-27-24-9-3-6-20-5-1-2-8-23(20)24)29-28-17-19-10-12-22(13-11-19)33-26(31)15-14-21-7-4-16-32-21/h1-17,27H,18H2,(H,29,30)/b15-14+,28-17+. The van der Waals surface area contributed by atoms with Gasteiger partial charge in [0.05, 0.1) is 19.0 Å². The van der Waals surface area contributed by atoms with Crippen molar-refractivity contribution in [1.29, 1.82) is 0 Å². The van der Waals surface area contributed by atoms with Crippen LogP contribution in [0.1, 0.15) is 11.3 Å². The van der Waals surface area contributed by atoms with Crippen molar-refractivity contribution in [2.75, 3.05) is 11.9 Å². The third kappa shape index (κ3) is 6.18. The number of rotatable bonds is 8. The third-order valence-corrected chi connectivity index (χ3v) is 4.66. The SMILES string of the molecule is O=C(CNc1cccc2ccccc12)N/N=C/c1ccc(OC(=O)/C=C/c2ccco2)cc1. The molecule has 33 heavy (non-hydrogen) atoms. The summed E-state index contributed by atoms with van der Waals surface area (Å²) in [5, 5.41) is 9.26. The highest BCUT2D eigenvalue weighted by molar-refractivity contribution is 5.95. The van der Waals surface area contributed by atoms with Gasteiger partial charge in [0.2, 0.25) is 0 Å². The molecule has 0 saturated heterocycles.